The van der Waals surface area contributed by atoms with Gasteiger partial charge in [-0.1, -0.05) is 23.2 Å². The van der Waals surface area contributed by atoms with Crippen LogP contribution in [0.25, 0.3) is 0 Å². The van der Waals surface area contributed by atoms with Crippen molar-refractivity contribution in [1.82, 2.24) is 5.27 Å². The lowest BCUT2D eigenvalue weighted by atomic mass is 10.2. The van der Waals surface area contributed by atoms with E-state index in [-0.39, 0.29) is 23.9 Å². The number of carbonyl (C=O) groups excluding carboxylic acids is 1. The highest BCUT2D eigenvalue weighted by molar-refractivity contribution is 6.35. The van der Waals surface area contributed by atoms with Gasteiger partial charge in [0.15, 0.2) is 0 Å². The van der Waals surface area contributed by atoms with Crippen molar-refractivity contribution in [2.45, 2.75) is 20.4 Å². The lowest BCUT2D eigenvalue weighted by molar-refractivity contribution is -0.756. The molecule has 1 heterocycles. The van der Waals surface area contributed by atoms with Crippen molar-refractivity contribution in [3.63, 3.8) is 0 Å². The minimum atomic E-state index is -0.481. The van der Waals surface area contributed by atoms with Crippen molar-refractivity contribution in [3.05, 3.63) is 39.5 Å². The molecule has 0 saturated heterocycles. The molecule has 8 heteroatoms. The van der Waals surface area contributed by atoms with Crippen molar-refractivity contribution in [2.75, 3.05) is 0 Å². The van der Waals surface area contributed by atoms with Crippen LogP contribution in [0.1, 0.15) is 29.9 Å². The van der Waals surface area contributed by atoms with E-state index >= 15 is 0 Å². The molecular formula is C13H11Cl2N3O3. The molecule has 1 aromatic heterocycles. The number of nitrogens with zero attached hydrogens (tertiary/aromatic N) is 3. The predicted molar refractivity (Wildman–Crippen MR) is 75.0 cm³/mol. The second-order valence-electron chi connectivity index (χ2n) is 4.31. The van der Waals surface area contributed by atoms with Crippen molar-refractivity contribution < 1.29 is 19.1 Å². The maximum absolute atomic E-state index is 11.7. The minimum Gasteiger partial charge on any atom is -0.862 e. The number of halogens is 2. The van der Waals surface area contributed by atoms with Crippen molar-refractivity contribution in [1.29, 1.82) is 0 Å². The molecule has 0 fully saturated rings. The number of aliphatic imine (C=N–C) groups is 1. The van der Waals surface area contributed by atoms with Gasteiger partial charge in [0.25, 0.3) is 0 Å². The van der Waals surface area contributed by atoms with E-state index in [1.807, 2.05) is 0 Å². The van der Waals surface area contributed by atoms with Crippen LogP contribution in [0.5, 0.6) is 0 Å². The highest BCUT2D eigenvalue weighted by Crippen LogP contribution is 2.22. The van der Waals surface area contributed by atoms with Crippen LogP contribution in [0, 0.1) is 0 Å². The van der Waals surface area contributed by atoms with Crippen molar-refractivity contribution in [2.24, 2.45) is 4.99 Å². The molecule has 2 rings (SSSR count). The molecule has 0 unspecified atom stereocenters. The Labute approximate surface area is 130 Å². The summed E-state index contributed by atoms with van der Waals surface area (Å²) in [5, 5.41) is 15.7. The number of ketones is 1. The lowest BCUT2D eigenvalue weighted by Gasteiger charge is -2.00. The number of rotatable bonds is 4. The number of aromatic nitrogens is 2. The van der Waals surface area contributed by atoms with Crippen LogP contribution in [0.3, 0.4) is 0 Å². The third-order valence-corrected chi connectivity index (χ3v) is 3.20. The highest BCUT2D eigenvalue weighted by atomic mass is 35.5. The van der Waals surface area contributed by atoms with E-state index in [9.17, 15) is 9.90 Å². The van der Waals surface area contributed by atoms with Crippen molar-refractivity contribution >= 4 is 40.8 Å². The molecule has 0 N–H and O–H groups in total. The largest absolute Gasteiger partial charge is 0.862 e. The fraction of sp³-hybridized carbons (Fsp3) is 0.231. The number of benzene rings is 1. The Morgan fingerprint density at radius 1 is 1.43 bits per heavy atom. The first kappa shape index (κ1) is 15.5. The molecule has 0 aliphatic carbocycles. The maximum atomic E-state index is 11.7. The SMILES string of the molecule is CC(=O)c1c(/N=C(\C)[O-])on[n+]1Cc1ccc(Cl)cc1Cl. The Morgan fingerprint density at radius 3 is 2.71 bits per heavy atom. The highest BCUT2D eigenvalue weighted by Gasteiger charge is 2.29. The third kappa shape index (κ3) is 3.59. The lowest BCUT2D eigenvalue weighted by Crippen LogP contribution is -2.41. The molecule has 110 valence electrons. The van der Waals surface area contributed by atoms with Crippen molar-refractivity contribution in [3.8, 4) is 0 Å². The van der Waals surface area contributed by atoms with Gasteiger partial charge in [0, 0.05) is 17.5 Å². The first-order valence-corrected chi connectivity index (χ1v) is 6.71. The number of hydrogen-bond acceptors (Lipinski definition) is 5. The molecule has 0 aliphatic rings. The Morgan fingerprint density at radius 2 is 2.14 bits per heavy atom. The van der Waals surface area contributed by atoms with Gasteiger partial charge in [-0.3, -0.25) is 9.32 Å². The molecule has 0 amide bonds. The summed E-state index contributed by atoms with van der Waals surface area (Å²) in [6.07, 6.45) is 0. The summed E-state index contributed by atoms with van der Waals surface area (Å²) >= 11 is 11.9. The third-order valence-electron chi connectivity index (χ3n) is 2.61. The zero-order valence-corrected chi connectivity index (χ0v) is 12.8. The Bertz CT molecular complexity index is 721. The van der Waals surface area contributed by atoms with Gasteiger partial charge in [0.1, 0.15) is 0 Å². The summed E-state index contributed by atoms with van der Waals surface area (Å²) in [6, 6.07) is 4.99. The minimum absolute atomic E-state index is 0.108. The molecular weight excluding hydrogens is 317 g/mol. The van der Waals surface area contributed by atoms with Gasteiger partial charge in [-0.25, -0.2) is 4.99 Å². The first-order valence-electron chi connectivity index (χ1n) is 5.95. The first-order chi connectivity index (χ1) is 9.88. The van der Waals surface area contributed by atoms with Gasteiger partial charge in [0.2, 0.25) is 17.6 Å². The van der Waals surface area contributed by atoms with Gasteiger partial charge >= 0.3 is 11.6 Å². The Balaban J connectivity index is 2.43. The van der Waals surface area contributed by atoms with Gasteiger partial charge in [0.05, 0.1) is 5.02 Å². The fourth-order valence-electron chi connectivity index (χ4n) is 1.75. The van der Waals surface area contributed by atoms with Crippen LogP contribution >= 0.6 is 23.2 Å². The molecule has 2 aromatic rings. The number of Topliss-reactive ketones (excluding diaryl/α,β-unsaturated/α-hetero) is 1. The molecule has 0 spiro atoms. The Kier molecular flexibility index (Phi) is 4.59. The van der Waals surface area contributed by atoms with Crippen LogP contribution in [0.4, 0.5) is 5.88 Å². The van der Waals surface area contributed by atoms with Crippen LogP contribution in [-0.4, -0.2) is 17.0 Å². The van der Waals surface area contributed by atoms with E-state index in [4.69, 9.17) is 27.7 Å². The zero-order valence-electron chi connectivity index (χ0n) is 11.3. The number of carbonyl (C=O) groups is 1. The van der Waals surface area contributed by atoms with Gasteiger partial charge in [-0.15, -0.1) is 0 Å². The number of hydrogen-bond donors (Lipinski definition) is 0. The fourth-order valence-corrected chi connectivity index (χ4v) is 2.22. The normalized spacial score (nSPS) is 11.7. The molecule has 6 nitrogen and oxygen atoms in total. The molecule has 0 saturated carbocycles. The zero-order chi connectivity index (χ0) is 15.6. The summed E-state index contributed by atoms with van der Waals surface area (Å²) in [6.45, 7) is 2.79. The van der Waals surface area contributed by atoms with E-state index in [0.29, 0.717) is 15.6 Å². The van der Waals surface area contributed by atoms with Crippen LogP contribution < -0.4 is 9.79 Å². The summed E-state index contributed by atoms with van der Waals surface area (Å²) < 4.78 is 6.24. The molecule has 1 aromatic carbocycles. The predicted octanol–water partition coefficient (Wildman–Crippen LogP) is 1.93. The second-order valence-corrected chi connectivity index (χ2v) is 5.15. The summed E-state index contributed by atoms with van der Waals surface area (Å²) in [7, 11) is 0. The van der Waals surface area contributed by atoms with Crippen LogP contribution in [0.2, 0.25) is 10.0 Å². The van der Waals surface area contributed by atoms with E-state index in [2.05, 4.69) is 10.3 Å². The van der Waals surface area contributed by atoms with E-state index in [1.165, 1.54) is 18.5 Å². The summed E-state index contributed by atoms with van der Waals surface area (Å²) in [4.78, 5) is 15.3. The molecule has 0 radical (unpaired) electrons. The van der Waals surface area contributed by atoms with Gasteiger partial charge in [-0.2, -0.15) is 0 Å². The standard InChI is InChI=1S/C13H11Cl2N3O3/c1-7(19)12-13(16-8(2)20)21-17-18(12)6-9-3-4-10(14)5-11(9)15/h3-5H,6H2,1-2H3. The second kappa shape index (κ2) is 6.24. The Hall–Kier alpha value is -1.92. The quantitative estimate of drug-likeness (QED) is 0.372. The summed E-state index contributed by atoms with van der Waals surface area (Å²) in [5.74, 6) is -0.910. The molecule has 21 heavy (non-hydrogen) atoms. The van der Waals surface area contributed by atoms with Crippen LogP contribution in [-0.2, 0) is 6.54 Å². The molecule has 0 aliphatic heterocycles. The topological polar surface area (TPSA) is 82.4 Å². The summed E-state index contributed by atoms with van der Waals surface area (Å²) in [5.41, 5.74) is 0.812. The van der Waals surface area contributed by atoms with Crippen LogP contribution in [0.15, 0.2) is 27.7 Å². The molecule has 0 atom stereocenters. The average molecular weight is 328 g/mol. The van der Waals surface area contributed by atoms with Gasteiger partial charge in [-0.05, 0) is 35.7 Å². The van der Waals surface area contributed by atoms with E-state index < -0.39 is 5.90 Å². The monoisotopic (exact) mass is 327 g/mol. The molecule has 0 bridgehead atoms. The maximum Gasteiger partial charge on any atom is 0.342 e. The average Bonchev–Trinajstić information content (AvgIpc) is 2.74. The van der Waals surface area contributed by atoms with Gasteiger partial charge < -0.3 is 5.11 Å². The smallest absolute Gasteiger partial charge is 0.342 e. The van der Waals surface area contributed by atoms with E-state index in [1.54, 1.807) is 18.2 Å². The van der Waals surface area contributed by atoms with E-state index in [0.717, 1.165) is 0 Å².